The predicted octanol–water partition coefficient (Wildman–Crippen LogP) is 2.59. The number of carbonyl (C=O) groups is 4. The molecule has 0 spiro atoms. The lowest BCUT2D eigenvalue weighted by Crippen LogP contribution is -2.52. The first-order valence-electron chi connectivity index (χ1n) is 11.8. The number of amides is 4. The molecule has 3 aliphatic rings. The number of benzene rings is 2. The lowest BCUT2D eigenvalue weighted by Gasteiger charge is -2.29. The van der Waals surface area contributed by atoms with E-state index in [4.69, 9.17) is 4.74 Å². The van der Waals surface area contributed by atoms with Gasteiger partial charge in [-0.1, -0.05) is 24.3 Å². The molecule has 0 bridgehead atoms. The molecule has 4 amide bonds. The van der Waals surface area contributed by atoms with E-state index in [0.29, 0.717) is 37.2 Å². The fraction of sp³-hybridized carbons (Fsp3) is 0.385. The highest BCUT2D eigenvalue weighted by atomic mass is 16.5. The second kappa shape index (κ2) is 9.29. The molecule has 0 radical (unpaired) electrons. The van der Waals surface area contributed by atoms with E-state index in [1.807, 2.05) is 29.2 Å². The van der Waals surface area contributed by atoms with Crippen LogP contribution in [0.5, 0.6) is 5.75 Å². The molecule has 3 heterocycles. The van der Waals surface area contributed by atoms with Crippen LogP contribution in [-0.4, -0.2) is 47.7 Å². The summed E-state index contributed by atoms with van der Waals surface area (Å²) in [5, 5.41) is 2.31. The van der Waals surface area contributed by atoms with Crippen molar-refractivity contribution in [2.24, 2.45) is 0 Å². The third kappa shape index (κ3) is 4.16. The molecular formula is C26H27N3O5. The summed E-state index contributed by atoms with van der Waals surface area (Å²) in [4.78, 5) is 52.9. The molecule has 2 aromatic rings. The lowest BCUT2D eigenvalue weighted by molar-refractivity contribution is -0.137. The van der Waals surface area contributed by atoms with Gasteiger partial charge in [-0.15, -0.1) is 0 Å². The number of carbonyl (C=O) groups excluding carboxylic acids is 4. The Hall–Kier alpha value is -3.68. The Kier molecular flexibility index (Phi) is 6.04. The number of aryl methyl sites for hydroxylation is 1. The minimum Gasteiger partial charge on any atom is -0.493 e. The first-order chi connectivity index (χ1) is 16.5. The van der Waals surface area contributed by atoms with E-state index in [1.165, 1.54) is 10.5 Å². The largest absolute Gasteiger partial charge is 0.493 e. The molecule has 8 heteroatoms. The maximum atomic E-state index is 12.9. The molecule has 1 atom stereocenters. The van der Waals surface area contributed by atoms with Crippen molar-refractivity contribution >= 4 is 29.3 Å². The number of imide groups is 1. The van der Waals surface area contributed by atoms with E-state index in [1.54, 1.807) is 12.1 Å². The van der Waals surface area contributed by atoms with Crippen molar-refractivity contribution in [3.05, 3.63) is 59.2 Å². The van der Waals surface area contributed by atoms with Crippen LogP contribution in [0.4, 0.5) is 5.69 Å². The number of piperidine rings is 1. The molecule has 3 aliphatic heterocycles. The van der Waals surface area contributed by atoms with Gasteiger partial charge in [0, 0.05) is 36.2 Å². The van der Waals surface area contributed by atoms with E-state index >= 15 is 0 Å². The van der Waals surface area contributed by atoms with Crippen molar-refractivity contribution in [2.45, 2.75) is 51.1 Å². The summed E-state index contributed by atoms with van der Waals surface area (Å²) >= 11 is 0. The average molecular weight is 462 g/mol. The maximum Gasteiger partial charge on any atom is 0.255 e. The third-order valence-electron chi connectivity index (χ3n) is 6.74. The summed E-state index contributed by atoms with van der Waals surface area (Å²) < 4.78 is 5.98. The lowest BCUT2D eigenvalue weighted by atomic mass is 10.0. The highest BCUT2D eigenvalue weighted by Crippen LogP contribution is 2.34. The van der Waals surface area contributed by atoms with Crippen LogP contribution in [0.2, 0.25) is 0 Å². The standard InChI is InChI=1S/C26H27N3O5/c30-23-13-12-21(25(32)27-23)29-16-19-18(26(29)33)8-3-10-22(19)34-15-5-11-24(31)28-14-4-7-17-6-1-2-9-20(17)28/h1-3,6,8-10,21H,4-5,7,11-16H2,(H,27,30,32). The number of nitrogens with one attached hydrogen (secondary N) is 1. The fourth-order valence-corrected chi connectivity index (χ4v) is 5.03. The van der Waals surface area contributed by atoms with Gasteiger partial charge >= 0.3 is 0 Å². The number of hydrogen-bond acceptors (Lipinski definition) is 5. The number of fused-ring (bicyclic) bond motifs is 2. The zero-order chi connectivity index (χ0) is 23.7. The van der Waals surface area contributed by atoms with Crippen molar-refractivity contribution in [2.75, 3.05) is 18.1 Å². The van der Waals surface area contributed by atoms with Gasteiger partial charge in [0.05, 0.1) is 13.2 Å². The van der Waals surface area contributed by atoms with Gasteiger partial charge in [0.25, 0.3) is 5.91 Å². The first-order valence-corrected chi connectivity index (χ1v) is 11.8. The molecule has 1 saturated heterocycles. The molecule has 0 saturated carbocycles. The molecule has 1 fully saturated rings. The average Bonchev–Trinajstić information content (AvgIpc) is 3.18. The van der Waals surface area contributed by atoms with Gasteiger partial charge < -0.3 is 14.5 Å². The Balaban J connectivity index is 1.19. The number of para-hydroxylation sites is 1. The Morgan fingerprint density at radius 1 is 1.06 bits per heavy atom. The number of hydrogen-bond donors (Lipinski definition) is 1. The van der Waals surface area contributed by atoms with Crippen LogP contribution in [0.1, 0.15) is 53.6 Å². The van der Waals surface area contributed by atoms with Crippen LogP contribution in [0.25, 0.3) is 0 Å². The van der Waals surface area contributed by atoms with Gasteiger partial charge in [-0.3, -0.25) is 24.5 Å². The van der Waals surface area contributed by atoms with Gasteiger partial charge in [-0.05, 0) is 49.4 Å². The number of rotatable bonds is 6. The molecule has 8 nitrogen and oxygen atoms in total. The van der Waals surface area contributed by atoms with Gasteiger partial charge in [0.15, 0.2) is 0 Å². The summed E-state index contributed by atoms with van der Waals surface area (Å²) in [6.07, 6.45) is 3.44. The molecular weight excluding hydrogens is 434 g/mol. The van der Waals surface area contributed by atoms with E-state index in [2.05, 4.69) is 11.4 Å². The van der Waals surface area contributed by atoms with E-state index < -0.39 is 11.9 Å². The van der Waals surface area contributed by atoms with Crippen molar-refractivity contribution in [1.29, 1.82) is 0 Å². The highest BCUT2D eigenvalue weighted by molar-refractivity contribution is 6.05. The summed E-state index contributed by atoms with van der Waals surface area (Å²) in [5.41, 5.74) is 3.48. The van der Waals surface area contributed by atoms with Gasteiger partial charge in [-0.2, -0.15) is 0 Å². The number of ether oxygens (including phenoxy) is 1. The third-order valence-corrected chi connectivity index (χ3v) is 6.74. The predicted molar refractivity (Wildman–Crippen MR) is 124 cm³/mol. The normalized spacial score (nSPS) is 19.5. The second-order valence-corrected chi connectivity index (χ2v) is 8.91. The van der Waals surface area contributed by atoms with Crippen LogP contribution in [0.15, 0.2) is 42.5 Å². The fourth-order valence-electron chi connectivity index (χ4n) is 5.03. The summed E-state index contributed by atoms with van der Waals surface area (Å²) in [6.45, 7) is 1.35. The van der Waals surface area contributed by atoms with Crippen molar-refractivity contribution in [3.8, 4) is 5.75 Å². The molecule has 34 heavy (non-hydrogen) atoms. The van der Waals surface area contributed by atoms with E-state index in [0.717, 1.165) is 30.6 Å². The van der Waals surface area contributed by atoms with Crippen LogP contribution < -0.4 is 15.0 Å². The van der Waals surface area contributed by atoms with Crippen molar-refractivity contribution in [3.63, 3.8) is 0 Å². The molecule has 176 valence electrons. The molecule has 1 unspecified atom stereocenters. The van der Waals surface area contributed by atoms with Crippen molar-refractivity contribution in [1.82, 2.24) is 10.2 Å². The van der Waals surface area contributed by atoms with E-state index in [-0.39, 0.29) is 30.7 Å². The second-order valence-electron chi connectivity index (χ2n) is 8.91. The van der Waals surface area contributed by atoms with E-state index in [9.17, 15) is 19.2 Å². The minimum absolute atomic E-state index is 0.0910. The topological polar surface area (TPSA) is 96.0 Å². The molecule has 0 aliphatic carbocycles. The number of anilines is 1. The molecule has 5 rings (SSSR count). The van der Waals surface area contributed by atoms with Crippen LogP contribution in [0.3, 0.4) is 0 Å². The number of nitrogens with zero attached hydrogens (tertiary/aromatic N) is 2. The molecule has 0 aromatic heterocycles. The van der Waals surface area contributed by atoms with Gasteiger partial charge in [0.2, 0.25) is 17.7 Å². The van der Waals surface area contributed by atoms with Crippen LogP contribution >= 0.6 is 0 Å². The SMILES string of the molecule is O=C1CCC(N2Cc3c(OCCCC(=O)N4CCCc5ccccc54)cccc3C2=O)C(=O)N1. The van der Waals surface area contributed by atoms with Gasteiger partial charge in [-0.25, -0.2) is 0 Å². The molecule has 1 N–H and O–H groups in total. The quantitative estimate of drug-likeness (QED) is 0.527. The van der Waals surface area contributed by atoms with Crippen LogP contribution in [0, 0.1) is 0 Å². The van der Waals surface area contributed by atoms with Gasteiger partial charge in [0.1, 0.15) is 11.8 Å². The highest BCUT2D eigenvalue weighted by Gasteiger charge is 2.40. The Labute approximate surface area is 197 Å². The Bertz CT molecular complexity index is 1160. The minimum atomic E-state index is -0.657. The van der Waals surface area contributed by atoms with Crippen LogP contribution in [-0.2, 0) is 27.3 Å². The Morgan fingerprint density at radius 2 is 1.91 bits per heavy atom. The smallest absolute Gasteiger partial charge is 0.255 e. The monoisotopic (exact) mass is 461 g/mol. The summed E-state index contributed by atoms with van der Waals surface area (Å²) in [5.74, 6) is -0.284. The molecule has 2 aromatic carbocycles. The zero-order valence-corrected chi connectivity index (χ0v) is 18.9. The summed E-state index contributed by atoms with van der Waals surface area (Å²) in [6, 6.07) is 12.7. The van der Waals surface area contributed by atoms with Crippen molar-refractivity contribution < 1.29 is 23.9 Å². The first kappa shape index (κ1) is 22.1. The maximum absolute atomic E-state index is 12.9. The Morgan fingerprint density at radius 3 is 2.76 bits per heavy atom. The summed E-state index contributed by atoms with van der Waals surface area (Å²) in [7, 11) is 0. The zero-order valence-electron chi connectivity index (χ0n) is 18.9.